The molecule has 0 atom stereocenters. The van der Waals surface area contributed by atoms with Gasteiger partial charge in [0.25, 0.3) is 0 Å². The van der Waals surface area contributed by atoms with Gasteiger partial charge in [0.15, 0.2) is 0 Å². The van der Waals surface area contributed by atoms with Gasteiger partial charge in [0.05, 0.1) is 0 Å². The van der Waals surface area contributed by atoms with E-state index in [4.69, 9.17) is 4.74 Å². The summed E-state index contributed by atoms with van der Waals surface area (Å²) in [6, 6.07) is 8.61. The lowest BCUT2D eigenvalue weighted by Crippen LogP contribution is -2.45. The molecule has 0 heterocycles. The second-order valence-electron chi connectivity index (χ2n) is 6.48. The molecule has 0 radical (unpaired) electrons. The molecule has 1 N–H and O–H groups in total. The van der Waals surface area contributed by atoms with Gasteiger partial charge in [-0.2, -0.15) is 0 Å². The molecule has 0 aliphatic heterocycles. The van der Waals surface area contributed by atoms with Gasteiger partial charge in [0, 0.05) is 0 Å². The van der Waals surface area contributed by atoms with E-state index >= 15 is 0 Å². The van der Waals surface area contributed by atoms with Crippen molar-refractivity contribution in [2.75, 3.05) is 13.1 Å². The molecule has 20 heavy (non-hydrogen) atoms. The average Bonchev–Trinajstić information content (AvgIpc) is 2.41. The minimum Gasteiger partial charge on any atom is -0.487 e. The van der Waals surface area contributed by atoms with Crippen LogP contribution in [0.15, 0.2) is 24.3 Å². The first-order valence-corrected chi connectivity index (χ1v) is 8.12. The molecule has 1 fully saturated rings. The Hall–Kier alpha value is -1.02. The molecule has 0 amide bonds. The molecular weight excluding hydrogens is 246 g/mol. The predicted molar refractivity (Wildman–Crippen MR) is 85.4 cm³/mol. The molecule has 1 aliphatic rings. The summed E-state index contributed by atoms with van der Waals surface area (Å²) in [5, 5.41) is 3.53. The van der Waals surface area contributed by atoms with Crippen LogP contribution in [0.3, 0.4) is 0 Å². The van der Waals surface area contributed by atoms with E-state index in [0.29, 0.717) is 0 Å². The van der Waals surface area contributed by atoms with E-state index in [9.17, 15) is 0 Å². The van der Waals surface area contributed by atoms with Gasteiger partial charge in [-0.1, -0.05) is 32.9 Å². The van der Waals surface area contributed by atoms with E-state index in [-0.39, 0.29) is 5.60 Å². The summed E-state index contributed by atoms with van der Waals surface area (Å²) >= 11 is 0. The Morgan fingerprint density at radius 2 is 1.90 bits per heavy atom. The fourth-order valence-electron chi connectivity index (χ4n) is 2.72. The lowest BCUT2D eigenvalue weighted by Gasteiger charge is -2.42. The number of rotatable bonds is 8. The first kappa shape index (κ1) is 15.4. The van der Waals surface area contributed by atoms with E-state index in [0.717, 1.165) is 37.6 Å². The van der Waals surface area contributed by atoms with Crippen molar-refractivity contribution in [2.24, 2.45) is 5.92 Å². The Morgan fingerprint density at radius 1 is 1.20 bits per heavy atom. The largest absolute Gasteiger partial charge is 0.487 e. The summed E-state index contributed by atoms with van der Waals surface area (Å²) in [5.41, 5.74) is 1.47. The van der Waals surface area contributed by atoms with Crippen LogP contribution in [0.5, 0.6) is 5.75 Å². The highest BCUT2D eigenvalue weighted by molar-refractivity contribution is 5.28. The molecule has 0 spiro atoms. The lowest BCUT2D eigenvalue weighted by molar-refractivity contribution is -0.0143. The van der Waals surface area contributed by atoms with Crippen LogP contribution in [-0.4, -0.2) is 18.7 Å². The van der Waals surface area contributed by atoms with Gasteiger partial charge < -0.3 is 10.1 Å². The van der Waals surface area contributed by atoms with Crippen molar-refractivity contribution in [3.8, 4) is 5.75 Å². The molecule has 0 unspecified atom stereocenters. The Balaban J connectivity index is 1.83. The molecule has 2 heteroatoms. The number of hydrogen-bond donors (Lipinski definition) is 1. The van der Waals surface area contributed by atoms with Crippen LogP contribution in [0.2, 0.25) is 0 Å². The van der Waals surface area contributed by atoms with Crippen molar-refractivity contribution in [3.63, 3.8) is 0 Å². The summed E-state index contributed by atoms with van der Waals surface area (Å²) in [6.07, 6.45) is 5.91. The van der Waals surface area contributed by atoms with E-state index in [1.165, 1.54) is 24.8 Å². The fraction of sp³-hybridized carbons (Fsp3) is 0.667. The zero-order valence-electron chi connectivity index (χ0n) is 13.2. The minimum atomic E-state index is 0.0950. The van der Waals surface area contributed by atoms with E-state index in [1.807, 2.05) is 0 Å². The monoisotopic (exact) mass is 275 g/mol. The molecule has 2 nitrogen and oxygen atoms in total. The number of nitrogens with one attached hydrogen (secondary N) is 1. The first-order chi connectivity index (χ1) is 9.63. The van der Waals surface area contributed by atoms with Gasteiger partial charge in [0.1, 0.15) is 11.4 Å². The van der Waals surface area contributed by atoms with Gasteiger partial charge in [-0.3, -0.25) is 0 Å². The van der Waals surface area contributed by atoms with Gasteiger partial charge in [-0.05, 0) is 68.8 Å². The molecule has 1 aliphatic carbocycles. The van der Waals surface area contributed by atoms with Crippen LogP contribution in [-0.2, 0) is 6.42 Å². The molecule has 2 rings (SSSR count). The highest BCUT2D eigenvalue weighted by Gasteiger charge is 2.38. The molecule has 112 valence electrons. The molecule has 1 aromatic rings. The maximum atomic E-state index is 6.30. The third-order valence-electron chi connectivity index (χ3n) is 4.24. The number of aryl methyl sites for hydroxylation is 1. The second kappa shape index (κ2) is 7.12. The zero-order valence-corrected chi connectivity index (χ0v) is 13.2. The van der Waals surface area contributed by atoms with Crippen LogP contribution < -0.4 is 10.1 Å². The van der Waals surface area contributed by atoms with Gasteiger partial charge in [0.2, 0.25) is 0 Å². The normalized spacial score (nSPS) is 17.0. The van der Waals surface area contributed by atoms with Gasteiger partial charge in [-0.15, -0.1) is 0 Å². The molecule has 1 saturated carbocycles. The molecule has 1 aromatic carbocycles. The Labute approximate surface area is 123 Å². The van der Waals surface area contributed by atoms with Crippen molar-refractivity contribution in [1.82, 2.24) is 5.32 Å². The average molecular weight is 275 g/mol. The standard InChI is InChI=1S/C18H29NO/c1-4-16-6-8-17(9-7-16)20-18(10-5-11-18)12-13-19-14-15(2)3/h6-9,15,19H,4-5,10-14H2,1-3H3. The number of ether oxygens (including phenoxy) is 1. The Bertz CT molecular complexity index is 392. The van der Waals surface area contributed by atoms with Gasteiger partial charge >= 0.3 is 0 Å². The molecule has 0 saturated heterocycles. The topological polar surface area (TPSA) is 21.3 Å². The van der Waals surface area contributed by atoms with E-state index in [2.05, 4.69) is 50.4 Å². The van der Waals surface area contributed by atoms with Crippen molar-refractivity contribution < 1.29 is 4.74 Å². The minimum absolute atomic E-state index is 0.0950. The van der Waals surface area contributed by atoms with Gasteiger partial charge in [-0.25, -0.2) is 0 Å². The summed E-state index contributed by atoms with van der Waals surface area (Å²) in [5.74, 6) is 1.75. The van der Waals surface area contributed by atoms with E-state index < -0.39 is 0 Å². The maximum Gasteiger partial charge on any atom is 0.120 e. The quantitative estimate of drug-likeness (QED) is 0.718. The Morgan fingerprint density at radius 3 is 2.40 bits per heavy atom. The highest BCUT2D eigenvalue weighted by atomic mass is 16.5. The van der Waals surface area contributed by atoms with Crippen molar-refractivity contribution in [1.29, 1.82) is 0 Å². The summed E-state index contributed by atoms with van der Waals surface area (Å²) in [7, 11) is 0. The van der Waals surface area contributed by atoms with Crippen molar-refractivity contribution in [3.05, 3.63) is 29.8 Å². The molecular formula is C18H29NO. The second-order valence-corrected chi connectivity index (χ2v) is 6.48. The van der Waals surface area contributed by atoms with E-state index in [1.54, 1.807) is 0 Å². The molecule has 0 aromatic heterocycles. The summed E-state index contributed by atoms with van der Waals surface area (Å²) < 4.78 is 6.30. The molecule has 0 bridgehead atoms. The predicted octanol–water partition coefficient (Wildman–Crippen LogP) is 4.19. The van der Waals surface area contributed by atoms with Crippen LogP contribution in [0.25, 0.3) is 0 Å². The summed E-state index contributed by atoms with van der Waals surface area (Å²) in [4.78, 5) is 0. The number of benzene rings is 1. The smallest absolute Gasteiger partial charge is 0.120 e. The fourth-order valence-corrected chi connectivity index (χ4v) is 2.72. The Kier molecular flexibility index (Phi) is 5.47. The highest BCUT2D eigenvalue weighted by Crippen LogP contribution is 2.39. The van der Waals surface area contributed by atoms with Crippen LogP contribution in [0, 0.1) is 5.92 Å². The maximum absolute atomic E-state index is 6.30. The first-order valence-electron chi connectivity index (χ1n) is 8.12. The van der Waals surface area contributed by atoms with Crippen molar-refractivity contribution >= 4 is 0 Å². The van der Waals surface area contributed by atoms with Crippen LogP contribution in [0.4, 0.5) is 0 Å². The van der Waals surface area contributed by atoms with Crippen LogP contribution >= 0.6 is 0 Å². The lowest BCUT2D eigenvalue weighted by atomic mass is 9.77. The third-order valence-corrected chi connectivity index (χ3v) is 4.24. The third kappa shape index (κ3) is 4.24. The zero-order chi connectivity index (χ0) is 14.4. The van der Waals surface area contributed by atoms with Crippen LogP contribution in [0.1, 0.15) is 52.0 Å². The van der Waals surface area contributed by atoms with Crippen molar-refractivity contribution in [2.45, 2.75) is 58.5 Å². The number of hydrogen-bond acceptors (Lipinski definition) is 2. The SMILES string of the molecule is CCc1ccc(OC2(CCNCC(C)C)CCC2)cc1. The summed E-state index contributed by atoms with van der Waals surface area (Å²) in [6.45, 7) is 8.84.